The smallest absolute Gasteiger partial charge is 0.410 e. The first-order chi connectivity index (χ1) is 22.0. The average molecular weight is 606 g/mol. The predicted octanol–water partition coefficient (Wildman–Crippen LogP) is 4.74. The van der Waals surface area contributed by atoms with Gasteiger partial charge in [0, 0.05) is 69.1 Å². The highest BCUT2D eigenvalue weighted by Gasteiger charge is 2.40. The standard InChI is InChI=1S/C35H39N7O3/c36-34-32(20-31(37-38-34)30-11-4-5-12-33(30)43)41-22-28-13-14-29(23-41)42(28)27-10-6-9-26(19-27)21-39-15-17-40(18-16-39)35(44)45-24-25-7-2-1-3-8-25/h1-12,19-20,28-29,43H,13-18,21-24H2,(H2,36,38)/t28-,29+. The summed E-state index contributed by atoms with van der Waals surface area (Å²) in [4.78, 5) is 21.8. The normalized spacial score (nSPS) is 20.0. The minimum absolute atomic E-state index is 0.176. The molecule has 0 saturated carbocycles. The van der Waals surface area contributed by atoms with Crippen molar-refractivity contribution in [3.05, 3.63) is 96.1 Å². The fourth-order valence-corrected chi connectivity index (χ4v) is 6.96. The lowest BCUT2D eigenvalue weighted by Crippen LogP contribution is -2.54. The van der Waals surface area contributed by atoms with Gasteiger partial charge in [0.25, 0.3) is 0 Å². The molecule has 3 saturated heterocycles. The van der Waals surface area contributed by atoms with Gasteiger partial charge in [0.1, 0.15) is 12.4 Å². The van der Waals surface area contributed by atoms with Gasteiger partial charge in [-0.25, -0.2) is 4.79 Å². The van der Waals surface area contributed by atoms with Gasteiger partial charge in [-0.1, -0.05) is 54.6 Å². The molecule has 4 heterocycles. The van der Waals surface area contributed by atoms with Crippen LogP contribution < -0.4 is 15.5 Å². The quantitative estimate of drug-likeness (QED) is 0.309. The molecule has 10 nitrogen and oxygen atoms in total. The van der Waals surface area contributed by atoms with Crippen LogP contribution in [0, 0.1) is 0 Å². The molecule has 3 fully saturated rings. The van der Waals surface area contributed by atoms with E-state index in [1.807, 2.05) is 53.4 Å². The minimum Gasteiger partial charge on any atom is -0.507 e. The average Bonchev–Trinajstić information content (AvgIpc) is 3.34. The Bertz CT molecular complexity index is 1630. The summed E-state index contributed by atoms with van der Waals surface area (Å²) in [6.07, 6.45) is 2.01. The van der Waals surface area contributed by atoms with Crippen LogP contribution in [0.5, 0.6) is 5.75 Å². The van der Waals surface area contributed by atoms with Gasteiger partial charge in [-0.05, 0) is 54.3 Å². The molecular formula is C35H39N7O3. The predicted molar refractivity (Wildman–Crippen MR) is 175 cm³/mol. The highest BCUT2D eigenvalue weighted by atomic mass is 16.6. The number of phenolic OH excluding ortho intramolecular Hbond substituents is 1. The lowest BCUT2D eigenvalue weighted by molar-refractivity contribution is 0.0700. The highest BCUT2D eigenvalue weighted by Crippen LogP contribution is 2.39. The number of aromatic nitrogens is 2. The van der Waals surface area contributed by atoms with Gasteiger partial charge >= 0.3 is 6.09 Å². The largest absolute Gasteiger partial charge is 0.507 e. The van der Waals surface area contributed by atoms with E-state index in [4.69, 9.17) is 10.5 Å². The van der Waals surface area contributed by atoms with Crippen molar-refractivity contribution in [1.82, 2.24) is 20.0 Å². The van der Waals surface area contributed by atoms with Gasteiger partial charge in [-0.15, -0.1) is 10.2 Å². The number of nitrogens with two attached hydrogens (primary N) is 1. The van der Waals surface area contributed by atoms with Gasteiger partial charge in [-0.2, -0.15) is 0 Å². The summed E-state index contributed by atoms with van der Waals surface area (Å²) < 4.78 is 5.54. The second kappa shape index (κ2) is 12.6. The van der Waals surface area contributed by atoms with E-state index in [9.17, 15) is 9.90 Å². The zero-order valence-electron chi connectivity index (χ0n) is 25.3. The molecule has 3 aliphatic heterocycles. The lowest BCUT2D eigenvalue weighted by Gasteiger charge is -2.43. The molecule has 3 N–H and O–H groups in total. The van der Waals surface area contributed by atoms with Gasteiger partial charge < -0.3 is 30.3 Å². The Balaban J connectivity index is 0.968. The summed E-state index contributed by atoms with van der Waals surface area (Å²) >= 11 is 0. The van der Waals surface area contributed by atoms with Gasteiger partial charge in [0.05, 0.1) is 11.4 Å². The Hall–Kier alpha value is -4.83. The van der Waals surface area contributed by atoms with E-state index in [0.29, 0.717) is 48.9 Å². The first-order valence-electron chi connectivity index (χ1n) is 15.7. The molecular weight excluding hydrogens is 566 g/mol. The topological polar surface area (TPSA) is 111 Å². The summed E-state index contributed by atoms with van der Waals surface area (Å²) in [5.74, 6) is 0.587. The second-order valence-electron chi connectivity index (χ2n) is 12.2. The van der Waals surface area contributed by atoms with Crippen LogP contribution in [0.2, 0.25) is 0 Å². The number of piperazine rings is 2. The Morgan fingerprint density at radius 2 is 1.56 bits per heavy atom. The molecule has 0 unspecified atom stereocenters. The number of fused-ring (bicyclic) bond motifs is 2. The molecule has 0 spiro atoms. The summed E-state index contributed by atoms with van der Waals surface area (Å²) in [5.41, 5.74) is 12.0. The number of para-hydroxylation sites is 1. The van der Waals surface area contributed by atoms with Crippen LogP contribution in [-0.2, 0) is 17.9 Å². The van der Waals surface area contributed by atoms with Crippen molar-refractivity contribution in [2.24, 2.45) is 0 Å². The summed E-state index contributed by atoms with van der Waals surface area (Å²) in [6, 6.07) is 28.6. The van der Waals surface area contributed by atoms with Crippen LogP contribution in [0.15, 0.2) is 84.9 Å². The number of ether oxygens (including phenoxy) is 1. The van der Waals surface area contributed by atoms with Crippen LogP contribution >= 0.6 is 0 Å². The Morgan fingerprint density at radius 3 is 2.31 bits per heavy atom. The van der Waals surface area contributed by atoms with Crippen molar-refractivity contribution in [2.45, 2.75) is 38.1 Å². The Labute approximate surface area is 263 Å². The Morgan fingerprint density at radius 1 is 0.844 bits per heavy atom. The SMILES string of the molecule is Nc1nnc(-c2ccccc2O)cc1N1C[C@H]2CC[C@@H](C1)N2c1cccc(CN2CCN(C(=O)OCc3ccccc3)CC2)c1. The molecule has 4 aromatic rings. The number of carbonyl (C=O) groups is 1. The van der Waals surface area contributed by atoms with Crippen molar-refractivity contribution in [2.75, 3.05) is 54.8 Å². The van der Waals surface area contributed by atoms with Crippen molar-refractivity contribution in [1.29, 1.82) is 0 Å². The zero-order valence-corrected chi connectivity index (χ0v) is 25.3. The second-order valence-corrected chi connectivity index (χ2v) is 12.2. The summed E-state index contributed by atoms with van der Waals surface area (Å²) in [7, 11) is 0. The molecule has 7 rings (SSSR count). The molecule has 10 heteroatoms. The van der Waals surface area contributed by atoms with E-state index in [2.05, 4.69) is 49.2 Å². The van der Waals surface area contributed by atoms with E-state index in [0.717, 1.165) is 56.8 Å². The molecule has 2 atom stereocenters. The molecule has 1 amide bonds. The van der Waals surface area contributed by atoms with Crippen LogP contribution in [0.4, 0.5) is 22.0 Å². The number of phenols is 1. The Kier molecular flexibility index (Phi) is 8.13. The number of nitrogen functional groups attached to an aromatic ring is 1. The summed E-state index contributed by atoms with van der Waals surface area (Å²) in [6.45, 7) is 5.81. The maximum Gasteiger partial charge on any atom is 0.410 e. The number of benzene rings is 3. The number of carbonyl (C=O) groups excluding carboxylic acids is 1. The van der Waals surface area contributed by atoms with Crippen molar-refractivity contribution in [3.8, 4) is 17.0 Å². The molecule has 3 aromatic carbocycles. The van der Waals surface area contributed by atoms with E-state index in [1.165, 1.54) is 11.3 Å². The zero-order chi connectivity index (χ0) is 30.8. The van der Waals surface area contributed by atoms with Crippen LogP contribution in [0.3, 0.4) is 0 Å². The fraction of sp³-hybridized carbons (Fsp3) is 0.343. The third kappa shape index (κ3) is 6.23. The highest BCUT2D eigenvalue weighted by molar-refractivity contribution is 5.74. The fourth-order valence-electron chi connectivity index (χ4n) is 6.96. The van der Waals surface area contributed by atoms with Crippen molar-refractivity contribution in [3.63, 3.8) is 0 Å². The number of aromatic hydroxyl groups is 1. The van der Waals surface area contributed by atoms with Crippen molar-refractivity contribution >= 4 is 23.3 Å². The van der Waals surface area contributed by atoms with Crippen LogP contribution in [0.25, 0.3) is 11.3 Å². The van der Waals surface area contributed by atoms with Gasteiger partial charge in [0.2, 0.25) is 0 Å². The molecule has 232 valence electrons. The van der Waals surface area contributed by atoms with Gasteiger partial charge in [0.15, 0.2) is 5.82 Å². The minimum atomic E-state index is -0.242. The number of hydrogen-bond acceptors (Lipinski definition) is 9. The van der Waals surface area contributed by atoms with E-state index in [-0.39, 0.29) is 11.8 Å². The van der Waals surface area contributed by atoms with E-state index < -0.39 is 0 Å². The number of amides is 1. The summed E-state index contributed by atoms with van der Waals surface area (Å²) in [5, 5.41) is 18.9. The monoisotopic (exact) mass is 605 g/mol. The van der Waals surface area contributed by atoms with E-state index >= 15 is 0 Å². The lowest BCUT2D eigenvalue weighted by atomic mass is 10.1. The maximum absolute atomic E-state index is 12.6. The van der Waals surface area contributed by atoms with Gasteiger partial charge in [-0.3, -0.25) is 4.90 Å². The molecule has 2 bridgehead atoms. The first-order valence-corrected chi connectivity index (χ1v) is 15.7. The molecule has 0 radical (unpaired) electrons. The molecule has 1 aromatic heterocycles. The number of nitrogens with zero attached hydrogens (tertiary/aromatic N) is 6. The number of rotatable bonds is 7. The molecule has 0 aliphatic carbocycles. The van der Waals surface area contributed by atoms with Crippen LogP contribution in [-0.4, -0.2) is 82.5 Å². The van der Waals surface area contributed by atoms with E-state index in [1.54, 1.807) is 12.1 Å². The number of anilines is 3. The third-order valence-corrected chi connectivity index (χ3v) is 9.25. The number of hydrogen-bond donors (Lipinski definition) is 2. The molecule has 3 aliphatic rings. The first kappa shape index (κ1) is 28.9. The third-order valence-electron chi connectivity index (χ3n) is 9.25. The molecule has 45 heavy (non-hydrogen) atoms. The van der Waals surface area contributed by atoms with Crippen molar-refractivity contribution < 1.29 is 14.6 Å². The van der Waals surface area contributed by atoms with Crippen LogP contribution in [0.1, 0.15) is 24.0 Å². The maximum atomic E-state index is 12.6.